The maximum Gasteiger partial charge on any atom is 0.410 e. The first-order valence-corrected chi connectivity index (χ1v) is 15.9. The number of aromatic nitrogens is 4. The first-order chi connectivity index (χ1) is 21.4. The molecule has 9 nitrogen and oxygen atoms in total. The predicted octanol–water partition coefficient (Wildman–Crippen LogP) is 6.68. The standard InChI is InChI=1S/C35H42FN5O4/c1-7-44-33(42)32(31-29-17-26(36)18-40(29)20-37-31)41-19-28-21(2)16-27(22(3)30(28)38-41)25-10-8-23(9-11-25)24-12-14-39(15-13-24)34(43)45-35(4,5)6/h8-11,16,19-20,24,26,32H,7,12-15,17-18H2,1-6H3/t26-,32?/m1/s1. The molecule has 45 heavy (non-hydrogen) atoms. The van der Waals surface area contributed by atoms with Gasteiger partial charge in [-0.05, 0) is 88.1 Å². The zero-order chi connectivity index (χ0) is 32.0. The number of nitrogens with zero attached hydrogens (tertiary/aromatic N) is 5. The van der Waals surface area contributed by atoms with Crippen LogP contribution in [-0.2, 0) is 27.2 Å². The summed E-state index contributed by atoms with van der Waals surface area (Å²) < 4.78 is 28.6. The van der Waals surface area contributed by atoms with E-state index in [-0.39, 0.29) is 25.7 Å². The van der Waals surface area contributed by atoms with Gasteiger partial charge in [-0.25, -0.2) is 19.0 Å². The fourth-order valence-corrected chi connectivity index (χ4v) is 6.66. The molecule has 0 saturated carbocycles. The Morgan fingerprint density at radius 3 is 2.49 bits per heavy atom. The molecule has 0 spiro atoms. The molecule has 238 valence electrons. The van der Waals surface area contributed by atoms with Crippen molar-refractivity contribution >= 4 is 23.0 Å². The summed E-state index contributed by atoms with van der Waals surface area (Å²) in [4.78, 5) is 32.1. The summed E-state index contributed by atoms with van der Waals surface area (Å²) in [5.74, 6) is -0.0761. The lowest BCUT2D eigenvalue weighted by Gasteiger charge is -2.33. The molecule has 0 aliphatic carbocycles. The number of esters is 1. The Morgan fingerprint density at radius 2 is 1.82 bits per heavy atom. The molecule has 2 aliphatic rings. The number of alkyl halides is 1. The molecule has 10 heteroatoms. The highest BCUT2D eigenvalue weighted by atomic mass is 19.1. The summed E-state index contributed by atoms with van der Waals surface area (Å²) >= 11 is 0. The minimum Gasteiger partial charge on any atom is -0.464 e. The van der Waals surface area contributed by atoms with Crippen molar-refractivity contribution < 1.29 is 23.5 Å². The number of benzene rings is 2. The van der Waals surface area contributed by atoms with Crippen LogP contribution in [0, 0.1) is 13.8 Å². The van der Waals surface area contributed by atoms with E-state index in [1.807, 2.05) is 33.9 Å². The maximum atomic E-state index is 14.2. The SMILES string of the molecule is CCOC(=O)C(c1ncn2c1C[C@@H](F)C2)n1cc2c(C)cc(-c3ccc(C4CCN(C(=O)OC(C)(C)C)CC4)cc3)c(C)c2n1. The molecule has 4 aromatic rings. The van der Waals surface area contributed by atoms with Crippen molar-refractivity contribution in [3.63, 3.8) is 0 Å². The van der Waals surface area contributed by atoms with Crippen LogP contribution in [0.4, 0.5) is 9.18 Å². The number of hydrogen-bond acceptors (Lipinski definition) is 6. The Kier molecular flexibility index (Phi) is 8.18. The lowest BCUT2D eigenvalue weighted by Crippen LogP contribution is -2.41. The number of hydrogen-bond donors (Lipinski definition) is 0. The highest BCUT2D eigenvalue weighted by Gasteiger charge is 2.35. The second kappa shape index (κ2) is 11.9. The lowest BCUT2D eigenvalue weighted by atomic mass is 9.88. The molecule has 1 saturated heterocycles. The number of piperidine rings is 1. The molecule has 0 radical (unpaired) electrons. The second-order valence-electron chi connectivity index (χ2n) is 13.3. The van der Waals surface area contributed by atoms with Gasteiger partial charge in [0.1, 0.15) is 11.8 Å². The number of fused-ring (bicyclic) bond motifs is 2. The van der Waals surface area contributed by atoms with Crippen LogP contribution in [-0.4, -0.2) is 67.8 Å². The van der Waals surface area contributed by atoms with Crippen molar-refractivity contribution in [2.75, 3.05) is 19.7 Å². The van der Waals surface area contributed by atoms with Crippen LogP contribution < -0.4 is 0 Å². The van der Waals surface area contributed by atoms with Gasteiger partial charge in [0.15, 0.2) is 6.04 Å². The lowest BCUT2D eigenvalue weighted by molar-refractivity contribution is -0.146. The zero-order valence-electron chi connectivity index (χ0n) is 27.0. The molecule has 1 unspecified atom stereocenters. The van der Waals surface area contributed by atoms with E-state index in [4.69, 9.17) is 14.6 Å². The smallest absolute Gasteiger partial charge is 0.410 e. The third-order valence-electron chi connectivity index (χ3n) is 8.94. The highest BCUT2D eigenvalue weighted by Crippen LogP contribution is 2.36. The monoisotopic (exact) mass is 615 g/mol. The minimum atomic E-state index is -0.996. The molecular weight excluding hydrogens is 573 g/mol. The molecule has 0 bridgehead atoms. The third kappa shape index (κ3) is 6.07. The number of carbonyl (C=O) groups excluding carboxylic acids is 2. The molecule has 4 heterocycles. The Labute approximate surface area is 263 Å². The normalized spacial score (nSPS) is 17.8. The van der Waals surface area contributed by atoms with E-state index in [1.165, 1.54) is 5.56 Å². The first-order valence-electron chi connectivity index (χ1n) is 15.9. The van der Waals surface area contributed by atoms with Gasteiger partial charge in [-0.1, -0.05) is 30.3 Å². The van der Waals surface area contributed by atoms with Gasteiger partial charge in [0, 0.05) is 36.8 Å². The summed E-state index contributed by atoms with van der Waals surface area (Å²) in [7, 11) is 0. The number of rotatable bonds is 6. The quantitative estimate of drug-likeness (QED) is 0.225. The van der Waals surface area contributed by atoms with Gasteiger partial charge in [0.25, 0.3) is 0 Å². The van der Waals surface area contributed by atoms with Gasteiger partial charge in [-0.15, -0.1) is 0 Å². The highest BCUT2D eigenvalue weighted by molar-refractivity contribution is 5.91. The van der Waals surface area contributed by atoms with Crippen LogP contribution in [0.2, 0.25) is 0 Å². The number of imidazole rings is 1. The molecule has 2 aromatic carbocycles. The second-order valence-corrected chi connectivity index (χ2v) is 13.3. The summed E-state index contributed by atoms with van der Waals surface area (Å²) in [5, 5.41) is 5.87. The summed E-state index contributed by atoms with van der Waals surface area (Å²) in [5.41, 5.74) is 6.99. The van der Waals surface area contributed by atoms with E-state index in [1.54, 1.807) is 27.4 Å². The van der Waals surface area contributed by atoms with Crippen LogP contribution in [0.3, 0.4) is 0 Å². The largest absolute Gasteiger partial charge is 0.464 e. The van der Waals surface area contributed by atoms with Crippen molar-refractivity contribution in [3.8, 4) is 11.1 Å². The van der Waals surface area contributed by atoms with Crippen molar-refractivity contribution in [2.45, 2.75) is 91.1 Å². The van der Waals surface area contributed by atoms with Gasteiger partial charge in [-0.2, -0.15) is 5.10 Å². The van der Waals surface area contributed by atoms with Crippen LogP contribution in [0.5, 0.6) is 0 Å². The van der Waals surface area contributed by atoms with E-state index < -0.39 is 23.8 Å². The van der Waals surface area contributed by atoms with E-state index in [9.17, 15) is 14.0 Å². The van der Waals surface area contributed by atoms with Gasteiger partial charge >= 0.3 is 12.1 Å². The zero-order valence-corrected chi connectivity index (χ0v) is 27.0. The molecule has 2 aromatic heterocycles. The van der Waals surface area contributed by atoms with Crippen molar-refractivity contribution in [1.29, 1.82) is 0 Å². The Balaban J connectivity index is 1.25. The number of aryl methyl sites for hydroxylation is 2. The molecule has 0 N–H and O–H groups in total. The fraction of sp³-hybridized carbons (Fsp3) is 0.486. The van der Waals surface area contributed by atoms with Crippen LogP contribution in [0.1, 0.15) is 80.6 Å². The summed E-state index contributed by atoms with van der Waals surface area (Å²) in [6.45, 7) is 13.4. The van der Waals surface area contributed by atoms with E-state index in [0.717, 1.165) is 46.0 Å². The average molecular weight is 616 g/mol. The third-order valence-corrected chi connectivity index (χ3v) is 8.94. The Bertz CT molecular complexity index is 1730. The van der Waals surface area contributed by atoms with E-state index >= 15 is 0 Å². The van der Waals surface area contributed by atoms with Crippen molar-refractivity contribution in [1.82, 2.24) is 24.2 Å². The summed E-state index contributed by atoms with van der Waals surface area (Å²) in [6, 6.07) is 9.96. The molecule has 1 fully saturated rings. The maximum absolute atomic E-state index is 14.2. The predicted molar refractivity (Wildman–Crippen MR) is 170 cm³/mol. The number of ether oxygens (including phenoxy) is 2. The molecule has 2 atom stereocenters. The Morgan fingerprint density at radius 1 is 1.11 bits per heavy atom. The van der Waals surface area contributed by atoms with Crippen molar-refractivity contribution in [2.24, 2.45) is 0 Å². The molecule has 2 aliphatic heterocycles. The van der Waals surface area contributed by atoms with E-state index in [2.05, 4.69) is 42.2 Å². The topological polar surface area (TPSA) is 91.5 Å². The average Bonchev–Trinajstić information content (AvgIpc) is 3.70. The van der Waals surface area contributed by atoms with E-state index in [0.29, 0.717) is 30.4 Å². The number of halogens is 1. The minimum absolute atomic E-state index is 0.215. The van der Waals surface area contributed by atoms with Crippen LogP contribution in [0.25, 0.3) is 22.0 Å². The number of carbonyl (C=O) groups is 2. The van der Waals surface area contributed by atoms with Crippen molar-refractivity contribution in [3.05, 3.63) is 70.9 Å². The molecule has 6 rings (SSSR count). The van der Waals surface area contributed by atoms with Crippen LogP contribution >= 0.6 is 0 Å². The van der Waals surface area contributed by atoms with Crippen LogP contribution in [0.15, 0.2) is 42.9 Å². The molecular formula is C35H42FN5O4. The fourth-order valence-electron chi connectivity index (χ4n) is 6.66. The molecule has 1 amide bonds. The number of amides is 1. The van der Waals surface area contributed by atoms with Gasteiger partial charge < -0.3 is 18.9 Å². The first kappa shape index (κ1) is 30.8. The van der Waals surface area contributed by atoms with Gasteiger partial charge in [0.2, 0.25) is 0 Å². The Hall–Kier alpha value is -4.21. The van der Waals surface area contributed by atoms with Gasteiger partial charge in [0.05, 0.1) is 30.7 Å². The summed E-state index contributed by atoms with van der Waals surface area (Å²) in [6.07, 6.45) is 4.25. The number of likely N-dealkylation sites (tertiary alicyclic amines) is 1. The van der Waals surface area contributed by atoms with Gasteiger partial charge in [-0.3, -0.25) is 4.68 Å².